The maximum atomic E-state index is 10.9. The van der Waals surface area contributed by atoms with Crippen molar-refractivity contribution in [2.24, 2.45) is 12.5 Å². The smallest absolute Gasteiger partial charge is 0.310 e. The Morgan fingerprint density at radius 1 is 1.62 bits per heavy atom. The van der Waals surface area contributed by atoms with E-state index < -0.39 is 11.4 Å². The summed E-state index contributed by atoms with van der Waals surface area (Å²) in [6, 6.07) is 0. The van der Waals surface area contributed by atoms with E-state index in [1.54, 1.807) is 24.7 Å². The van der Waals surface area contributed by atoms with Crippen LogP contribution in [0.4, 0.5) is 0 Å². The topological polar surface area (TPSA) is 67.2 Å². The lowest BCUT2D eigenvalue weighted by Crippen LogP contribution is -2.35. The van der Waals surface area contributed by atoms with E-state index in [9.17, 15) is 4.79 Å². The molecule has 2 N–H and O–H groups in total. The Kier molecular flexibility index (Phi) is 3.70. The van der Waals surface area contributed by atoms with Crippen LogP contribution in [0, 0.1) is 12.3 Å². The fraction of sp³-hybridized carbons (Fsp3) is 0.636. The molecular weight excluding hydrogens is 206 g/mol. The van der Waals surface area contributed by atoms with Crippen molar-refractivity contribution in [3.63, 3.8) is 0 Å². The third-order valence-electron chi connectivity index (χ3n) is 2.80. The molecule has 1 aromatic rings. The molecule has 5 nitrogen and oxygen atoms in total. The van der Waals surface area contributed by atoms with Crippen molar-refractivity contribution in [1.29, 1.82) is 0 Å². The summed E-state index contributed by atoms with van der Waals surface area (Å²) in [6.45, 7) is 6.50. The van der Waals surface area contributed by atoms with Gasteiger partial charge in [-0.05, 0) is 20.8 Å². The number of carbonyl (C=O) groups is 1. The third-order valence-corrected chi connectivity index (χ3v) is 2.80. The fourth-order valence-corrected chi connectivity index (χ4v) is 1.30. The van der Waals surface area contributed by atoms with Gasteiger partial charge in [-0.2, -0.15) is 5.10 Å². The molecule has 16 heavy (non-hydrogen) atoms. The van der Waals surface area contributed by atoms with Crippen molar-refractivity contribution in [3.05, 3.63) is 17.5 Å². The number of carboxylic acids is 1. The summed E-state index contributed by atoms with van der Waals surface area (Å²) in [5, 5.41) is 16.2. The van der Waals surface area contributed by atoms with Crippen LogP contribution in [0.3, 0.4) is 0 Å². The second-order valence-electron chi connectivity index (χ2n) is 4.67. The first-order valence-electron chi connectivity index (χ1n) is 5.26. The number of nitrogens with one attached hydrogen (secondary N) is 1. The molecule has 1 rings (SSSR count). The summed E-state index contributed by atoms with van der Waals surface area (Å²) in [5.41, 5.74) is 1.46. The molecule has 0 aliphatic heterocycles. The zero-order valence-corrected chi connectivity index (χ0v) is 10.2. The normalized spacial score (nSPS) is 11.8. The summed E-state index contributed by atoms with van der Waals surface area (Å²) in [6.07, 6.45) is 1.80. The van der Waals surface area contributed by atoms with E-state index in [0.29, 0.717) is 13.1 Å². The average molecular weight is 225 g/mol. The zero-order chi connectivity index (χ0) is 12.3. The number of aromatic nitrogens is 2. The average Bonchev–Trinajstić information content (AvgIpc) is 2.49. The SMILES string of the molecule is Cc1c(CNCC(C)(C)C(=O)O)cnn1C. The predicted molar refractivity (Wildman–Crippen MR) is 61.1 cm³/mol. The van der Waals surface area contributed by atoms with Gasteiger partial charge in [0.2, 0.25) is 0 Å². The first-order chi connectivity index (χ1) is 7.34. The number of nitrogens with zero attached hydrogens (tertiary/aromatic N) is 2. The van der Waals surface area contributed by atoms with E-state index in [1.807, 2.05) is 14.0 Å². The van der Waals surface area contributed by atoms with Gasteiger partial charge in [0.05, 0.1) is 11.6 Å². The van der Waals surface area contributed by atoms with Gasteiger partial charge in [0, 0.05) is 31.4 Å². The molecule has 1 heterocycles. The van der Waals surface area contributed by atoms with Crippen molar-refractivity contribution in [3.8, 4) is 0 Å². The van der Waals surface area contributed by atoms with Crippen LogP contribution in [0.25, 0.3) is 0 Å². The lowest BCUT2D eigenvalue weighted by molar-refractivity contribution is -0.146. The van der Waals surface area contributed by atoms with E-state index in [2.05, 4.69) is 10.4 Å². The Labute approximate surface area is 95.5 Å². The minimum atomic E-state index is -0.789. The van der Waals surface area contributed by atoms with Crippen LogP contribution in [0.1, 0.15) is 25.1 Å². The molecule has 1 aromatic heterocycles. The van der Waals surface area contributed by atoms with E-state index in [-0.39, 0.29) is 0 Å². The molecule has 5 heteroatoms. The van der Waals surface area contributed by atoms with Crippen LogP contribution in [-0.4, -0.2) is 27.4 Å². The van der Waals surface area contributed by atoms with Crippen LogP contribution < -0.4 is 5.32 Å². The quantitative estimate of drug-likeness (QED) is 0.782. The van der Waals surface area contributed by atoms with E-state index in [4.69, 9.17) is 5.11 Å². The standard InChI is InChI=1S/C11H19N3O2/c1-8-9(6-13-14(8)4)5-12-7-11(2,3)10(15)16/h6,12H,5,7H2,1-4H3,(H,15,16). The number of hydrogen-bond acceptors (Lipinski definition) is 3. The van der Waals surface area contributed by atoms with Crippen LogP contribution >= 0.6 is 0 Å². The van der Waals surface area contributed by atoms with Crippen LogP contribution in [0.2, 0.25) is 0 Å². The van der Waals surface area contributed by atoms with Crippen LogP contribution in [0.15, 0.2) is 6.20 Å². The minimum Gasteiger partial charge on any atom is -0.481 e. The Morgan fingerprint density at radius 2 is 2.25 bits per heavy atom. The van der Waals surface area contributed by atoms with E-state index >= 15 is 0 Å². The summed E-state index contributed by atoms with van der Waals surface area (Å²) in [4.78, 5) is 10.9. The number of hydrogen-bond donors (Lipinski definition) is 2. The summed E-state index contributed by atoms with van der Waals surface area (Å²) in [7, 11) is 1.89. The molecular formula is C11H19N3O2. The van der Waals surface area contributed by atoms with Crippen molar-refractivity contribution in [1.82, 2.24) is 15.1 Å². The van der Waals surface area contributed by atoms with E-state index in [0.717, 1.165) is 11.3 Å². The van der Waals surface area contributed by atoms with Gasteiger partial charge >= 0.3 is 5.97 Å². The van der Waals surface area contributed by atoms with E-state index in [1.165, 1.54) is 0 Å². The molecule has 0 aromatic carbocycles. The fourth-order valence-electron chi connectivity index (χ4n) is 1.30. The Bertz CT molecular complexity index is 383. The van der Waals surface area contributed by atoms with Crippen LogP contribution in [-0.2, 0) is 18.4 Å². The maximum absolute atomic E-state index is 10.9. The molecule has 0 aliphatic carbocycles. The lowest BCUT2D eigenvalue weighted by Gasteiger charge is -2.19. The van der Waals surface area contributed by atoms with Gasteiger partial charge in [0.25, 0.3) is 0 Å². The second kappa shape index (κ2) is 4.65. The molecule has 0 amide bonds. The van der Waals surface area contributed by atoms with Gasteiger partial charge in [-0.15, -0.1) is 0 Å². The van der Waals surface area contributed by atoms with Crippen molar-refractivity contribution in [2.75, 3.05) is 6.54 Å². The maximum Gasteiger partial charge on any atom is 0.310 e. The molecule has 0 unspecified atom stereocenters. The number of rotatable bonds is 5. The molecule has 0 bridgehead atoms. The summed E-state index contributed by atoms with van der Waals surface area (Å²) >= 11 is 0. The molecule has 0 saturated carbocycles. The Morgan fingerprint density at radius 3 is 2.69 bits per heavy atom. The van der Waals surface area contributed by atoms with Crippen molar-refractivity contribution >= 4 is 5.97 Å². The van der Waals surface area contributed by atoms with Crippen molar-refractivity contribution < 1.29 is 9.90 Å². The third kappa shape index (κ3) is 2.82. The molecule has 0 spiro atoms. The van der Waals surface area contributed by atoms with Gasteiger partial charge in [-0.1, -0.05) is 0 Å². The largest absolute Gasteiger partial charge is 0.481 e. The lowest BCUT2D eigenvalue weighted by atomic mass is 9.94. The highest BCUT2D eigenvalue weighted by Crippen LogP contribution is 2.14. The van der Waals surface area contributed by atoms with Gasteiger partial charge in [0.15, 0.2) is 0 Å². The number of aliphatic carboxylic acids is 1. The highest BCUT2D eigenvalue weighted by Gasteiger charge is 2.26. The first-order valence-corrected chi connectivity index (χ1v) is 5.26. The molecule has 0 saturated heterocycles. The van der Waals surface area contributed by atoms with Gasteiger partial charge in [0.1, 0.15) is 0 Å². The first kappa shape index (κ1) is 12.7. The van der Waals surface area contributed by atoms with Gasteiger partial charge in [-0.25, -0.2) is 0 Å². The zero-order valence-electron chi connectivity index (χ0n) is 10.2. The molecule has 90 valence electrons. The minimum absolute atomic E-state index is 0.441. The molecule has 0 aliphatic rings. The van der Waals surface area contributed by atoms with Gasteiger partial charge in [-0.3, -0.25) is 9.48 Å². The predicted octanol–water partition coefficient (Wildman–Crippen LogP) is 0.929. The Balaban J connectivity index is 2.48. The molecule has 0 fully saturated rings. The molecule has 0 atom stereocenters. The summed E-state index contributed by atoms with van der Waals surface area (Å²) < 4.78 is 1.80. The summed E-state index contributed by atoms with van der Waals surface area (Å²) in [5.74, 6) is -0.789. The number of carboxylic acid groups (broad SMARTS) is 1. The van der Waals surface area contributed by atoms with Gasteiger partial charge < -0.3 is 10.4 Å². The van der Waals surface area contributed by atoms with Crippen LogP contribution in [0.5, 0.6) is 0 Å². The number of aryl methyl sites for hydroxylation is 1. The highest BCUT2D eigenvalue weighted by molar-refractivity contribution is 5.73. The Hall–Kier alpha value is -1.36. The monoisotopic (exact) mass is 225 g/mol. The highest BCUT2D eigenvalue weighted by atomic mass is 16.4. The van der Waals surface area contributed by atoms with Crippen molar-refractivity contribution in [2.45, 2.75) is 27.3 Å². The second-order valence-corrected chi connectivity index (χ2v) is 4.67. The molecule has 0 radical (unpaired) electrons.